The van der Waals surface area contributed by atoms with Crippen LogP contribution in [0.4, 0.5) is 0 Å². The zero-order chi connectivity index (χ0) is 13.4. The summed E-state index contributed by atoms with van der Waals surface area (Å²) in [5.41, 5.74) is 0.442. The minimum Gasteiger partial charge on any atom is -0.380 e. The Bertz CT molecular complexity index is 217. The second-order valence-corrected chi connectivity index (χ2v) is 5.77. The molecule has 0 spiro atoms. The fourth-order valence-electron chi connectivity index (χ4n) is 2.92. The molecule has 1 atom stereocenters. The van der Waals surface area contributed by atoms with Crippen LogP contribution in [0.1, 0.15) is 46.5 Å². The van der Waals surface area contributed by atoms with Gasteiger partial charge in [-0.05, 0) is 37.6 Å². The van der Waals surface area contributed by atoms with E-state index in [9.17, 15) is 0 Å². The van der Waals surface area contributed by atoms with E-state index >= 15 is 0 Å². The summed E-state index contributed by atoms with van der Waals surface area (Å²) < 4.78 is 5.46. The second-order valence-electron chi connectivity index (χ2n) is 5.77. The number of hydrogen-bond donors (Lipinski definition) is 1. The molecule has 0 amide bonds. The minimum absolute atomic E-state index is 0.442. The molecule has 0 aromatic carbocycles. The van der Waals surface area contributed by atoms with Crippen molar-refractivity contribution in [3.8, 4) is 0 Å². The standard InChI is InChI=1S/C15H32N2O/c1-5-9-16-12-15(6-2,7-3)13-17-10-8-14(11-17)18-4/h14,16H,5-13H2,1-4H3. The summed E-state index contributed by atoms with van der Waals surface area (Å²) in [6, 6.07) is 0. The van der Waals surface area contributed by atoms with E-state index in [-0.39, 0.29) is 0 Å². The van der Waals surface area contributed by atoms with Gasteiger partial charge in [0.25, 0.3) is 0 Å². The van der Waals surface area contributed by atoms with E-state index in [0.717, 1.165) is 19.6 Å². The van der Waals surface area contributed by atoms with Gasteiger partial charge in [-0.2, -0.15) is 0 Å². The minimum atomic E-state index is 0.442. The molecule has 108 valence electrons. The number of likely N-dealkylation sites (tertiary alicyclic amines) is 1. The molecule has 0 aliphatic carbocycles. The average Bonchev–Trinajstić information content (AvgIpc) is 2.85. The topological polar surface area (TPSA) is 24.5 Å². The maximum absolute atomic E-state index is 5.46. The van der Waals surface area contributed by atoms with Crippen LogP contribution in [0.3, 0.4) is 0 Å². The number of ether oxygens (including phenoxy) is 1. The highest BCUT2D eigenvalue weighted by Gasteiger charge is 2.31. The first-order valence-corrected chi connectivity index (χ1v) is 7.65. The van der Waals surface area contributed by atoms with Gasteiger partial charge in [0.1, 0.15) is 0 Å². The summed E-state index contributed by atoms with van der Waals surface area (Å²) in [5, 5.41) is 3.62. The molecule has 0 saturated carbocycles. The molecule has 0 bridgehead atoms. The summed E-state index contributed by atoms with van der Waals surface area (Å²) in [4.78, 5) is 2.59. The Balaban J connectivity index is 2.45. The number of nitrogens with one attached hydrogen (secondary N) is 1. The van der Waals surface area contributed by atoms with Crippen molar-refractivity contribution in [3.05, 3.63) is 0 Å². The first kappa shape index (κ1) is 15.9. The Kier molecular flexibility index (Phi) is 7.20. The van der Waals surface area contributed by atoms with E-state index in [0.29, 0.717) is 11.5 Å². The van der Waals surface area contributed by atoms with Crippen molar-refractivity contribution < 1.29 is 4.74 Å². The molecule has 1 heterocycles. The zero-order valence-electron chi connectivity index (χ0n) is 12.8. The highest BCUT2D eigenvalue weighted by molar-refractivity contribution is 4.86. The molecule has 0 radical (unpaired) electrons. The van der Waals surface area contributed by atoms with Crippen molar-refractivity contribution in [2.75, 3.05) is 39.8 Å². The number of nitrogens with zero attached hydrogens (tertiary/aromatic N) is 1. The second kappa shape index (κ2) is 8.13. The van der Waals surface area contributed by atoms with E-state index in [1.54, 1.807) is 0 Å². The van der Waals surface area contributed by atoms with E-state index in [2.05, 4.69) is 31.0 Å². The molecule has 1 aliphatic heterocycles. The summed E-state index contributed by atoms with van der Waals surface area (Å²) in [7, 11) is 1.84. The molecule has 1 rings (SSSR count). The lowest BCUT2D eigenvalue weighted by molar-refractivity contribution is 0.0940. The van der Waals surface area contributed by atoms with Crippen molar-refractivity contribution in [1.82, 2.24) is 10.2 Å². The predicted octanol–water partition coefficient (Wildman–Crippen LogP) is 2.51. The van der Waals surface area contributed by atoms with Gasteiger partial charge in [0.2, 0.25) is 0 Å². The van der Waals surface area contributed by atoms with Gasteiger partial charge < -0.3 is 15.0 Å². The van der Waals surface area contributed by atoms with Gasteiger partial charge in [0, 0.05) is 33.3 Å². The lowest BCUT2D eigenvalue weighted by Gasteiger charge is -2.36. The van der Waals surface area contributed by atoms with Crippen LogP contribution in [0.25, 0.3) is 0 Å². The Morgan fingerprint density at radius 3 is 2.50 bits per heavy atom. The summed E-state index contributed by atoms with van der Waals surface area (Å²) in [5.74, 6) is 0. The highest BCUT2D eigenvalue weighted by atomic mass is 16.5. The highest BCUT2D eigenvalue weighted by Crippen LogP contribution is 2.28. The Hall–Kier alpha value is -0.120. The van der Waals surface area contributed by atoms with Gasteiger partial charge >= 0.3 is 0 Å². The first-order chi connectivity index (χ1) is 8.69. The molecule has 1 aliphatic rings. The molecule has 0 aromatic heterocycles. The average molecular weight is 256 g/mol. The van der Waals surface area contributed by atoms with Crippen LogP contribution in [0.15, 0.2) is 0 Å². The lowest BCUT2D eigenvalue weighted by atomic mass is 9.81. The third kappa shape index (κ3) is 4.52. The molecule has 3 heteroatoms. The third-order valence-corrected chi connectivity index (χ3v) is 4.55. The fraction of sp³-hybridized carbons (Fsp3) is 1.00. The normalized spacial score (nSPS) is 21.7. The van der Waals surface area contributed by atoms with E-state index in [4.69, 9.17) is 4.74 Å². The van der Waals surface area contributed by atoms with Gasteiger partial charge in [0.05, 0.1) is 6.10 Å². The van der Waals surface area contributed by atoms with Crippen molar-refractivity contribution in [2.24, 2.45) is 5.41 Å². The Labute approximate surface area is 113 Å². The molecule has 0 aromatic rings. The summed E-state index contributed by atoms with van der Waals surface area (Å²) in [6.07, 6.45) is 5.39. The van der Waals surface area contributed by atoms with Crippen LogP contribution < -0.4 is 5.32 Å². The van der Waals surface area contributed by atoms with Gasteiger partial charge in [-0.1, -0.05) is 20.8 Å². The third-order valence-electron chi connectivity index (χ3n) is 4.55. The molecular weight excluding hydrogens is 224 g/mol. The molecule has 1 saturated heterocycles. The molecule has 1 N–H and O–H groups in total. The van der Waals surface area contributed by atoms with Crippen molar-refractivity contribution in [3.63, 3.8) is 0 Å². The van der Waals surface area contributed by atoms with Crippen LogP contribution in [0.2, 0.25) is 0 Å². The molecule has 3 nitrogen and oxygen atoms in total. The molecular formula is C15H32N2O. The van der Waals surface area contributed by atoms with Gasteiger partial charge in [-0.25, -0.2) is 0 Å². The molecule has 1 fully saturated rings. The zero-order valence-corrected chi connectivity index (χ0v) is 12.8. The summed E-state index contributed by atoms with van der Waals surface area (Å²) >= 11 is 0. The van der Waals surface area contributed by atoms with E-state index < -0.39 is 0 Å². The SMILES string of the molecule is CCCNCC(CC)(CC)CN1CCC(OC)C1. The van der Waals surface area contributed by atoms with Crippen LogP contribution in [0, 0.1) is 5.41 Å². The van der Waals surface area contributed by atoms with Crippen LogP contribution in [0.5, 0.6) is 0 Å². The quantitative estimate of drug-likeness (QED) is 0.642. The lowest BCUT2D eigenvalue weighted by Crippen LogP contribution is -2.43. The van der Waals surface area contributed by atoms with Crippen LogP contribution >= 0.6 is 0 Å². The van der Waals surface area contributed by atoms with Gasteiger partial charge in [-0.15, -0.1) is 0 Å². The Morgan fingerprint density at radius 2 is 2.00 bits per heavy atom. The van der Waals surface area contributed by atoms with Crippen LogP contribution in [-0.4, -0.2) is 50.8 Å². The maximum atomic E-state index is 5.46. The van der Waals surface area contributed by atoms with Gasteiger partial charge in [-0.3, -0.25) is 0 Å². The number of methoxy groups -OCH3 is 1. The van der Waals surface area contributed by atoms with Gasteiger partial charge in [0.15, 0.2) is 0 Å². The van der Waals surface area contributed by atoms with E-state index in [1.807, 2.05) is 7.11 Å². The Morgan fingerprint density at radius 1 is 1.28 bits per heavy atom. The fourth-order valence-corrected chi connectivity index (χ4v) is 2.92. The van der Waals surface area contributed by atoms with E-state index in [1.165, 1.54) is 38.8 Å². The maximum Gasteiger partial charge on any atom is 0.0710 e. The van der Waals surface area contributed by atoms with Crippen molar-refractivity contribution in [2.45, 2.75) is 52.6 Å². The van der Waals surface area contributed by atoms with Crippen molar-refractivity contribution in [1.29, 1.82) is 0 Å². The molecule has 1 unspecified atom stereocenters. The number of rotatable bonds is 9. The first-order valence-electron chi connectivity index (χ1n) is 7.65. The monoisotopic (exact) mass is 256 g/mol. The predicted molar refractivity (Wildman–Crippen MR) is 78.0 cm³/mol. The largest absolute Gasteiger partial charge is 0.380 e. The number of hydrogen-bond acceptors (Lipinski definition) is 3. The summed E-state index contributed by atoms with van der Waals surface area (Å²) in [6.45, 7) is 12.7. The molecule has 18 heavy (non-hydrogen) atoms. The smallest absolute Gasteiger partial charge is 0.0710 e. The van der Waals surface area contributed by atoms with Crippen LogP contribution in [-0.2, 0) is 4.74 Å². The van der Waals surface area contributed by atoms with Crippen molar-refractivity contribution >= 4 is 0 Å².